The summed E-state index contributed by atoms with van der Waals surface area (Å²) in [5, 5.41) is 2.04. The second kappa shape index (κ2) is 7.73. The Morgan fingerprint density at radius 2 is 2.04 bits per heavy atom. The fourth-order valence-corrected chi connectivity index (χ4v) is 5.33. The van der Waals surface area contributed by atoms with Crippen LogP contribution in [-0.2, 0) is 19.4 Å². The van der Waals surface area contributed by atoms with Crippen LogP contribution in [-0.4, -0.2) is 61.6 Å². The molecule has 8 nitrogen and oxygen atoms in total. The van der Waals surface area contributed by atoms with Gasteiger partial charge in [-0.2, -0.15) is 0 Å². The summed E-state index contributed by atoms with van der Waals surface area (Å²) >= 11 is 0.762. The maximum absolute atomic E-state index is 12.4. The highest BCUT2D eigenvalue weighted by Gasteiger charge is 2.37. The van der Waals surface area contributed by atoms with Crippen LogP contribution in [0.25, 0.3) is 6.08 Å². The van der Waals surface area contributed by atoms with Crippen LogP contribution < -0.4 is 10.1 Å². The molecule has 2 aliphatic rings. The Labute approximate surface area is 160 Å². The Balaban J connectivity index is 1.63. The van der Waals surface area contributed by atoms with Crippen molar-refractivity contribution in [1.82, 2.24) is 10.2 Å². The zero-order valence-electron chi connectivity index (χ0n) is 14.5. The van der Waals surface area contributed by atoms with E-state index >= 15 is 0 Å². The number of carbonyl (C=O) groups excluding carboxylic acids is 3. The molecule has 3 rings (SSSR count). The molecule has 0 saturated carbocycles. The van der Waals surface area contributed by atoms with Crippen molar-refractivity contribution in [3.8, 4) is 5.75 Å². The van der Waals surface area contributed by atoms with Crippen LogP contribution in [0.3, 0.4) is 0 Å². The minimum Gasteiger partial charge on any atom is -0.497 e. The molecule has 0 aliphatic carbocycles. The average molecular weight is 410 g/mol. The quantitative estimate of drug-likeness (QED) is 0.722. The van der Waals surface area contributed by atoms with Crippen molar-refractivity contribution in [2.75, 3.05) is 25.2 Å². The van der Waals surface area contributed by atoms with E-state index in [-0.39, 0.29) is 16.4 Å². The molecule has 2 fully saturated rings. The summed E-state index contributed by atoms with van der Waals surface area (Å²) < 4.78 is 27.9. The first-order valence-corrected chi connectivity index (χ1v) is 10.8. The Hall–Kier alpha value is -2.33. The molecule has 0 bridgehead atoms. The molecule has 1 atom stereocenters. The molecule has 144 valence electrons. The highest BCUT2D eigenvalue weighted by atomic mass is 32.2. The fraction of sp³-hybridized carbons (Fsp3) is 0.353. The number of thioether (sulfide) groups is 1. The molecule has 0 unspecified atom stereocenters. The lowest BCUT2D eigenvalue weighted by Gasteiger charge is -2.15. The van der Waals surface area contributed by atoms with E-state index in [4.69, 9.17) is 4.74 Å². The van der Waals surface area contributed by atoms with E-state index in [1.54, 1.807) is 37.5 Å². The first kappa shape index (κ1) is 19.4. The monoisotopic (exact) mass is 410 g/mol. The van der Waals surface area contributed by atoms with Gasteiger partial charge in [0.15, 0.2) is 9.84 Å². The molecule has 0 radical (unpaired) electrons. The van der Waals surface area contributed by atoms with Gasteiger partial charge in [-0.3, -0.25) is 19.3 Å². The number of nitrogens with one attached hydrogen (secondary N) is 1. The van der Waals surface area contributed by atoms with Gasteiger partial charge in [-0.1, -0.05) is 12.1 Å². The smallest absolute Gasteiger partial charge is 0.294 e. The molecule has 1 aromatic carbocycles. The lowest BCUT2D eigenvalue weighted by molar-refractivity contribution is -0.129. The maximum atomic E-state index is 12.4. The largest absolute Gasteiger partial charge is 0.497 e. The first-order valence-electron chi connectivity index (χ1n) is 8.16. The van der Waals surface area contributed by atoms with Crippen molar-refractivity contribution in [2.24, 2.45) is 0 Å². The van der Waals surface area contributed by atoms with Gasteiger partial charge in [0, 0.05) is 6.04 Å². The topological polar surface area (TPSA) is 110 Å². The number of rotatable bonds is 5. The number of methoxy groups -OCH3 is 1. The molecule has 10 heteroatoms. The molecule has 3 amide bonds. The van der Waals surface area contributed by atoms with E-state index in [9.17, 15) is 22.8 Å². The number of hydrogen-bond acceptors (Lipinski definition) is 7. The highest BCUT2D eigenvalue weighted by Crippen LogP contribution is 2.32. The Bertz CT molecular complexity index is 908. The number of sulfone groups is 1. The third kappa shape index (κ3) is 4.69. The van der Waals surface area contributed by atoms with Crippen molar-refractivity contribution in [1.29, 1.82) is 0 Å². The standard InChI is InChI=1S/C17H18N2O6S2/c1-25-13-4-2-11(3-5-13)8-14-16(21)19(17(22)26-14)9-15(20)18-12-6-7-27(23,24)10-12/h2-5,8,12H,6-7,9-10H2,1H3,(H,18,20)/b14-8-/t12-/m1/s1. The van der Waals surface area contributed by atoms with Gasteiger partial charge in [-0.15, -0.1) is 0 Å². The molecule has 2 heterocycles. The van der Waals surface area contributed by atoms with Crippen molar-refractivity contribution in [3.05, 3.63) is 34.7 Å². The summed E-state index contributed by atoms with van der Waals surface area (Å²) in [6.45, 7) is -0.429. The third-order valence-electron chi connectivity index (χ3n) is 4.19. The molecule has 0 spiro atoms. The predicted octanol–water partition coefficient (Wildman–Crippen LogP) is 1.03. The van der Waals surface area contributed by atoms with Crippen molar-refractivity contribution in [2.45, 2.75) is 12.5 Å². The van der Waals surface area contributed by atoms with E-state index in [1.165, 1.54) is 0 Å². The number of imide groups is 1. The van der Waals surface area contributed by atoms with Crippen LogP contribution in [0.1, 0.15) is 12.0 Å². The van der Waals surface area contributed by atoms with Gasteiger partial charge in [0.1, 0.15) is 12.3 Å². The molecular weight excluding hydrogens is 392 g/mol. The van der Waals surface area contributed by atoms with Crippen LogP contribution in [0.2, 0.25) is 0 Å². The zero-order chi connectivity index (χ0) is 19.6. The highest BCUT2D eigenvalue weighted by molar-refractivity contribution is 8.18. The molecule has 2 aliphatic heterocycles. The summed E-state index contributed by atoms with van der Waals surface area (Å²) in [5.74, 6) is -0.506. The van der Waals surface area contributed by atoms with Crippen LogP contribution in [0.5, 0.6) is 5.75 Å². The van der Waals surface area contributed by atoms with Gasteiger partial charge >= 0.3 is 0 Å². The van der Waals surface area contributed by atoms with Crippen molar-refractivity contribution in [3.63, 3.8) is 0 Å². The van der Waals surface area contributed by atoms with Gasteiger partial charge in [0.25, 0.3) is 11.1 Å². The molecule has 1 aromatic rings. The Kier molecular flexibility index (Phi) is 5.56. The second-order valence-electron chi connectivity index (χ2n) is 6.21. The van der Waals surface area contributed by atoms with Crippen LogP contribution in [0.4, 0.5) is 4.79 Å². The summed E-state index contributed by atoms with van der Waals surface area (Å²) in [4.78, 5) is 37.7. The van der Waals surface area contributed by atoms with Gasteiger partial charge < -0.3 is 10.1 Å². The lowest BCUT2D eigenvalue weighted by Crippen LogP contribution is -2.43. The normalized spacial score (nSPS) is 23.1. The molecule has 0 aromatic heterocycles. The summed E-state index contributed by atoms with van der Waals surface area (Å²) in [5.41, 5.74) is 0.724. The third-order valence-corrected chi connectivity index (χ3v) is 6.86. The summed E-state index contributed by atoms with van der Waals surface area (Å²) in [6, 6.07) is 6.50. The number of carbonyl (C=O) groups is 3. The minimum atomic E-state index is -3.12. The molecule has 1 N–H and O–H groups in total. The zero-order valence-corrected chi connectivity index (χ0v) is 16.1. The van der Waals surface area contributed by atoms with Crippen molar-refractivity contribution >= 4 is 44.7 Å². The molecule has 27 heavy (non-hydrogen) atoms. The SMILES string of the molecule is COc1ccc(/C=C2\SC(=O)N(CC(=O)N[C@@H]3CCS(=O)(=O)C3)C2=O)cc1. The molecule has 2 saturated heterocycles. The molecular formula is C17H18N2O6S2. The van der Waals surface area contributed by atoms with Crippen LogP contribution in [0, 0.1) is 0 Å². The van der Waals surface area contributed by atoms with E-state index < -0.39 is 39.5 Å². The fourth-order valence-electron chi connectivity index (χ4n) is 2.81. The summed E-state index contributed by atoms with van der Waals surface area (Å²) in [7, 11) is -1.57. The predicted molar refractivity (Wildman–Crippen MR) is 101 cm³/mol. The number of hydrogen-bond donors (Lipinski definition) is 1. The van der Waals surface area contributed by atoms with Crippen LogP contribution >= 0.6 is 11.8 Å². The van der Waals surface area contributed by atoms with E-state index in [0.717, 1.165) is 22.2 Å². The van der Waals surface area contributed by atoms with Gasteiger partial charge in [0.05, 0.1) is 23.5 Å². The number of nitrogens with zero attached hydrogens (tertiary/aromatic N) is 1. The minimum absolute atomic E-state index is 0.0319. The average Bonchev–Trinajstić information content (AvgIpc) is 3.09. The summed E-state index contributed by atoms with van der Waals surface area (Å²) in [6.07, 6.45) is 1.92. The van der Waals surface area contributed by atoms with Crippen molar-refractivity contribution < 1.29 is 27.5 Å². The van der Waals surface area contributed by atoms with Crippen LogP contribution in [0.15, 0.2) is 29.2 Å². The number of amides is 3. The Morgan fingerprint density at radius 3 is 2.63 bits per heavy atom. The van der Waals surface area contributed by atoms with Gasteiger partial charge in [0.2, 0.25) is 5.91 Å². The van der Waals surface area contributed by atoms with E-state index in [0.29, 0.717) is 12.2 Å². The first-order chi connectivity index (χ1) is 12.8. The number of ether oxygens (including phenoxy) is 1. The van der Waals surface area contributed by atoms with Gasteiger partial charge in [-0.05, 0) is 42.0 Å². The maximum Gasteiger partial charge on any atom is 0.294 e. The van der Waals surface area contributed by atoms with Gasteiger partial charge in [-0.25, -0.2) is 8.42 Å². The Morgan fingerprint density at radius 1 is 1.33 bits per heavy atom. The lowest BCUT2D eigenvalue weighted by atomic mass is 10.2. The van der Waals surface area contributed by atoms with E-state index in [2.05, 4.69) is 5.32 Å². The van der Waals surface area contributed by atoms with E-state index in [1.807, 2.05) is 0 Å². The second-order valence-corrected chi connectivity index (χ2v) is 9.43. The number of benzene rings is 1.